The normalized spacial score (nSPS) is 10.9. The lowest BCUT2D eigenvalue weighted by molar-refractivity contribution is 0.0955. The summed E-state index contributed by atoms with van der Waals surface area (Å²) in [5.41, 5.74) is 2.08. The average molecular weight is 318 g/mol. The molecule has 118 valence electrons. The predicted octanol–water partition coefficient (Wildman–Crippen LogP) is 2.35. The molecule has 1 heterocycles. The zero-order chi connectivity index (χ0) is 15.8. The van der Waals surface area contributed by atoms with Crippen LogP contribution in [0.3, 0.4) is 0 Å². The minimum absolute atomic E-state index is 0.0578. The Morgan fingerprint density at radius 1 is 1.32 bits per heavy atom. The topological polar surface area (TPSA) is 58.1 Å². The zero-order valence-electron chi connectivity index (χ0n) is 13.1. The van der Waals surface area contributed by atoms with Gasteiger partial charge in [-0.1, -0.05) is 41.7 Å². The molecule has 22 heavy (non-hydrogen) atoms. The quantitative estimate of drug-likeness (QED) is 0.759. The van der Waals surface area contributed by atoms with E-state index >= 15 is 0 Å². The third kappa shape index (κ3) is 4.89. The molecule has 1 N–H and O–H groups in total. The van der Waals surface area contributed by atoms with Crippen LogP contribution in [0.5, 0.6) is 0 Å². The van der Waals surface area contributed by atoms with E-state index in [2.05, 4.69) is 51.1 Å². The van der Waals surface area contributed by atoms with Gasteiger partial charge in [0.15, 0.2) is 0 Å². The van der Waals surface area contributed by atoms with Crippen molar-refractivity contribution in [3.8, 4) is 0 Å². The maximum absolute atomic E-state index is 12.0. The fraction of sp³-hybridized carbons (Fsp3) is 0.438. The van der Waals surface area contributed by atoms with E-state index in [4.69, 9.17) is 0 Å². The molecule has 0 aliphatic heterocycles. The second kappa shape index (κ2) is 8.60. The second-order valence-corrected chi connectivity index (χ2v) is 5.99. The number of nitrogens with one attached hydrogen (secondary N) is 1. The van der Waals surface area contributed by atoms with Gasteiger partial charge in [0.25, 0.3) is 5.91 Å². The van der Waals surface area contributed by atoms with E-state index in [-0.39, 0.29) is 5.91 Å². The van der Waals surface area contributed by atoms with Gasteiger partial charge < -0.3 is 10.2 Å². The maximum atomic E-state index is 12.0. The molecule has 2 aromatic rings. The van der Waals surface area contributed by atoms with Crippen LogP contribution in [0.15, 0.2) is 30.3 Å². The summed E-state index contributed by atoms with van der Waals surface area (Å²) in [6.45, 7) is 4.51. The Hall–Kier alpha value is -1.79. The number of aryl methyl sites for hydroxylation is 1. The number of aromatic nitrogens is 2. The minimum Gasteiger partial charge on any atom is -0.351 e. The Morgan fingerprint density at radius 3 is 2.82 bits per heavy atom. The molecule has 1 aromatic heterocycles. The molecule has 5 nitrogen and oxygen atoms in total. The van der Waals surface area contributed by atoms with Crippen molar-refractivity contribution in [3.05, 3.63) is 46.5 Å². The lowest BCUT2D eigenvalue weighted by Gasteiger charge is -2.16. The van der Waals surface area contributed by atoms with Crippen LogP contribution in [-0.4, -0.2) is 40.5 Å². The summed E-state index contributed by atoms with van der Waals surface area (Å²) in [6.07, 6.45) is 1.65. The molecule has 0 radical (unpaired) electrons. The van der Waals surface area contributed by atoms with E-state index in [1.54, 1.807) is 0 Å². The molecule has 6 heteroatoms. The van der Waals surface area contributed by atoms with Crippen molar-refractivity contribution >= 4 is 17.4 Å². The highest BCUT2D eigenvalue weighted by Gasteiger charge is 2.14. The summed E-state index contributed by atoms with van der Waals surface area (Å²) in [5.74, 6) is -0.0578. The number of hydrogen-bond acceptors (Lipinski definition) is 5. The predicted molar refractivity (Wildman–Crippen MR) is 89.0 cm³/mol. The van der Waals surface area contributed by atoms with E-state index in [9.17, 15) is 4.79 Å². The summed E-state index contributed by atoms with van der Waals surface area (Å²) in [5, 5.41) is 6.90. The van der Waals surface area contributed by atoms with E-state index in [0.29, 0.717) is 11.4 Å². The van der Waals surface area contributed by atoms with Gasteiger partial charge in [0, 0.05) is 13.1 Å². The van der Waals surface area contributed by atoms with E-state index < -0.39 is 0 Å². The largest absolute Gasteiger partial charge is 0.351 e. The fourth-order valence-corrected chi connectivity index (χ4v) is 2.88. The Balaban J connectivity index is 1.67. The highest BCUT2D eigenvalue weighted by Crippen LogP contribution is 2.10. The lowest BCUT2D eigenvalue weighted by atomic mass is 10.2. The van der Waals surface area contributed by atoms with Crippen LogP contribution in [0.1, 0.15) is 34.3 Å². The first-order valence-electron chi connectivity index (χ1n) is 7.52. The first-order valence-corrected chi connectivity index (χ1v) is 8.30. The van der Waals surface area contributed by atoms with Gasteiger partial charge in [-0.25, -0.2) is 0 Å². The van der Waals surface area contributed by atoms with Gasteiger partial charge in [-0.15, -0.1) is 5.10 Å². The third-order valence-corrected chi connectivity index (χ3v) is 4.16. The first kappa shape index (κ1) is 16.6. The van der Waals surface area contributed by atoms with Crippen LogP contribution in [0.25, 0.3) is 0 Å². The third-order valence-electron chi connectivity index (χ3n) is 3.39. The Morgan fingerprint density at radius 2 is 2.09 bits per heavy atom. The van der Waals surface area contributed by atoms with Gasteiger partial charge in [0.05, 0.1) is 5.69 Å². The van der Waals surface area contributed by atoms with Gasteiger partial charge >= 0.3 is 0 Å². The van der Waals surface area contributed by atoms with Crippen LogP contribution >= 0.6 is 11.5 Å². The summed E-state index contributed by atoms with van der Waals surface area (Å²) < 4.78 is 3.84. The first-order chi connectivity index (χ1) is 10.7. The van der Waals surface area contributed by atoms with E-state index in [0.717, 1.165) is 43.2 Å². The van der Waals surface area contributed by atoms with Crippen molar-refractivity contribution in [3.63, 3.8) is 0 Å². The molecule has 1 aromatic carbocycles. The van der Waals surface area contributed by atoms with Crippen LogP contribution in [0.2, 0.25) is 0 Å². The number of amides is 1. The minimum atomic E-state index is -0.0578. The van der Waals surface area contributed by atoms with Crippen molar-refractivity contribution in [2.24, 2.45) is 0 Å². The van der Waals surface area contributed by atoms with Crippen molar-refractivity contribution in [2.45, 2.75) is 26.3 Å². The number of nitrogens with zero attached hydrogens (tertiary/aromatic N) is 3. The molecule has 0 atom stereocenters. The van der Waals surface area contributed by atoms with Gasteiger partial charge in [-0.2, -0.15) is 0 Å². The van der Waals surface area contributed by atoms with Crippen LogP contribution in [0.4, 0.5) is 0 Å². The standard InChI is InChI=1S/C16H22N4OS/c1-3-14-15(22-19-18-14)16(21)17-10-7-11-20(2)12-13-8-5-4-6-9-13/h4-6,8-9H,3,7,10-12H2,1-2H3,(H,17,21). The molecule has 0 aliphatic rings. The van der Waals surface area contributed by atoms with E-state index in [1.165, 1.54) is 5.56 Å². The Labute approximate surface area is 135 Å². The van der Waals surface area contributed by atoms with Crippen molar-refractivity contribution in [1.82, 2.24) is 19.8 Å². The molecule has 2 rings (SSSR count). The molecule has 1 amide bonds. The lowest BCUT2D eigenvalue weighted by Crippen LogP contribution is -2.28. The average Bonchev–Trinajstić information content (AvgIpc) is 3.01. The smallest absolute Gasteiger partial charge is 0.264 e. The number of carbonyl (C=O) groups excluding carboxylic acids is 1. The summed E-state index contributed by atoms with van der Waals surface area (Å²) in [7, 11) is 2.09. The second-order valence-electron chi connectivity index (χ2n) is 5.24. The number of rotatable bonds is 8. The molecule has 0 spiro atoms. The molecule has 0 unspecified atom stereocenters. The number of hydrogen-bond donors (Lipinski definition) is 1. The van der Waals surface area contributed by atoms with Gasteiger partial charge in [0.1, 0.15) is 4.88 Å². The van der Waals surface area contributed by atoms with Crippen LogP contribution in [-0.2, 0) is 13.0 Å². The van der Waals surface area contributed by atoms with Crippen molar-refractivity contribution in [1.29, 1.82) is 0 Å². The number of benzene rings is 1. The maximum Gasteiger partial charge on any atom is 0.264 e. The summed E-state index contributed by atoms with van der Waals surface area (Å²) >= 11 is 1.16. The fourth-order valence-electron chi connectivity index (χ4n) is 2.22. The SMILES string of the molecule is CCc1nnsc1C(=O)NCCCN(C)Cc1ccccc1. The summed E-state index contributed by atoms with van der Waals surface area (Å²) in [6, 6.07) is 10.4. The zero-order valence-corrected chi connectivity index (χ0v) is 13.9. The molecule has 0 saturated heterocycles. The van der Waals surface area contributed by atoms with Gasteiger partial charge in [-0.05, 0) is 43.5 Å². The Kier molecular flexibility index (Phi) is 6.48. The molecule has 0 fully saturated rings. The molecule has 0 bridgehead atoms. The van der Waals surface area contributed by atoms with Crippen molar-refractivity contribution < 1.29 is 4.79 Å². The van der Waals surface area contributed by atoms with Crippen LogP contribution < -0.4 is 5.32 Å². The molecular formula is C16H22N4OS. The summed E-state index contributed by atoms with van der Waals surface area (Å²) in [4.78, 5) is 14.9. The Bertz CT molecular complexity index is 585. The van der Waals surface area contributed by atoms with Gasteiger partial charge in [0.2, 0.25) is 0 Å². The molecule has 0 saturated carbocycles. The van der Waals surface area contributed by atoms with Gasteiger partial charge in [-0.3, -0.25) is 4.79 Å². The highest BCUT2D eigenvalue weighted by atomic mass is 32.1. The molecular weight excluding hydrogens is 296 g/mol. The number of carbonyl (C=O) groups is 1. The molecule has 0 aliphatic carbocycles. The van der Waals surface area contributed by atoms with E-state index in [1.807, 2.05) is 13.0 Å². The van der Waals surface area contributed by atoms with Crippen LogP contribution in [0, 0.1) is 0 Å². The monoisotopic (exact) mass is 318 g/mol. The highest BCUT2D eigenvalue weighted by molar-refractivity contribution is 7.08. The van der Waals surface area contributed by atoms with Crippen molar-refractivity contribution in [2.75, 3.05) is 20.1 Å².